The zero-order chi connectivity index (χ0) is 25.3. The molecule has 0 aromatic heterocycles. The summed E-state index contributed by atoms with van der Waals surface area (Å²) in [4.78, 5) is 25.0. The van der Waals surface area contributed by atoms with Gasteiger partial charge in [-0.25, -0.2) is 0 Å². The van der Waals surface area contributed by atoms with Crippen LogP contribution in [-0.2, 0) is 0 Å². The Balaban J connectivity index is 1.22. The van der Waals surface area contributed by atoms with Gasteiger partial charge in [-0.05, 0) is 49.2 Å². The van der Waals surface area contributed by atoms with Crippen LogP contribution in [0.3, 0.4) is 0 Å². The molecule has 2 N–H and O–H groups in total. The van der Waals surface area contributed by atoms with E-state index in [2.05, 4.69) is 0 Å². The first-order valence-corrected chi connectivity index (χ1v) is 11.6. The van der Waals surface area contributed by atoms with Gasteiger partial charge in [-0.2, -0.15) is 0 Å². The van der Waals surface area contributed by atoms with Crippen LogP contribution in [0.1, 0.15) is 44.7 Å². The number of carbonyl (C=O) groups excluding carboxylic acids is 2. The van der Waals surface area contributed by atoms with Crippen molar-refractivity contribution in [2.24, 2.45) is 0 Å². The molecule has 36 heavy (non-hydrogen) atoms. The number of unbranched alkanes of at least 4 members (excludes halogenated alkanes) is 1. The number of carbonyl (C=O) groups is 2. The summed E-state index contributed by atoms with van der Waals surface area (Å²) < 4.78 is 11.3. The van der Waals surface area contributed by atoms with Crippen LogP contribution >= 0.6 is 0 Å². The summed E-state index contributed by atoms with van der Waals surface area (Å²) in [6.45, 7) is 0.693. The molecule has 0 aliphatic carbocycles. The van der Waals surface area contributed by atoms with Crippen molar-refractivity contribution in [3.8, 4) is 23.0 Å². The van der Waals surface area contributed by atoms with Crippen molar-refractivity contribution in [1.29, 1.82) is 0 Å². The molecule has 0 amide bonds. The molecule has 0 unspecified atom stereocenters. The second kappa shape index (κ2) is 11.7. The third kappa shape index (κ3) is 6.10. The van der Waals surface area contributed by atoms with Gasteiger partial charge in [0.05, 0.1) is 13.2 Å². The van der Waals surface area contributed by atoms with E-state index in [0.717, 1.165) is 0 Å². The molecule has 0 bridgehead atoms. The smallest absolute Gasteiger partial charge is 0.193 e. The largest absolute Gasteiger partial charge is 0.504 e. The van der Waals surface area contributed by atoms with E-state index in [0.29, 0.717) is 59.8 Å². The molecule has 0 radical (unpaired) electrons. The van der Waals surface area contributed by atoms with Crippen LogP contribution in [0.4, 0.5) is 0 Å². The SMILES string of the molecule is O=C(c1ccccc1)c1ccc(OCCCCOc2ccc(C(=O)c3ccccc3)cc2O)c(O)c1. The summed E-state index contributed by atoms with van der Waals surface area (Å²) >= 11 is 0. The molecule has 4 aromatic rings. The number of hydrogen-bond donors (Lipinski definition) is 2. The van der Waals surface area contributed by atoms with Crippen LogP contribution in [0.5, 0.6) is 23.0 Å². The number of aromatic hydroxyl groups is 2. The Labute approximate surface area is 209 Å². The van der Waals surface area contributed by atoms with Gasteiger partial charge in [0.25, 0.3) is 0 Å². The Hall–Kier alpha value is -4.58. The highest BCUT2D eigenvalue weighted by molar-refractivity contribution is 6.09. The summed E-state index contributed by atoms with van der Waals surface area (Å²) in [6.07, 6.45) is 1.30. The first-order valence-electron chi connectivity index (χ1n) is 11.6. The van der Waals surface area contributed by atoms with Crippen molar-refractivity contribution in [2.45, 2.75) is 12.8 Å². The second-order valence-corrected chi connectivity index (χ2v) is 8.16. The number of benzene rings is 4. The number of rotatable bonds is 11. The zero-order valence-corrected chi connectivity index (χ0v) is 19.6. The molecule has 0 heterocycles. The summed E-state index contributed by atoms with van der Waals surface area (Å²) in [5.74, 6) is 0.0745. The van der Waals surface area contributed by atoms with Crippen LogP contribution in [-0.4, -0.2) is 35.0 Å². The van der Waals surface area contributed by atoms with Crippen LogP contribution in [0, 0.1) is 0 Å². The Morgan fingerprint density at radius 3 is 1.28 bits per heavy atom. The van der Waals surface area contributed by atoms with Gasteiger partial charge in [0.15, 0.2) is 34.6 Å². The summed E-state index contributed by atoms with van der Waals surface area (Å²) in [5.41, 5.74) is 1.87. The molecule has 4 aromatic carbocycles. The quantitative estimate of drug-likeness (QED) is 0.207. The minimum atomic E-state index is -0.171. The van der Waals surface area contributed by atoms with E-state index >= 15 is 0 Å². The number of phenolic OH excluding ortho intramolecular Hbond substituents is 2. The molecule has 182 valence electrons. The highest BCUT2D eigenvalue weighted by Crippen LogP contribution is 2.29. The number of hydrogen-bond acceptors (Lipinski definition) is 6. The fourth-order valence-electron chi connectivity index (χ4n) is 3.64. The van der Waals surface area contributed by atoms with Crippen molar-refractivity contribution in [3.63, 3.8) is 0 Å². The normalized spacial score (nSPS) is 10.6. The van der Waals surface area contributed by atoms with Crippen molar-refractivity contribution in [2.75, 3.05) is 13.2 Å². The van der Waals surface area contributed by atoms with Crippen LogP contribution in [0.2, 0.25) is 0 Å². The van der Waals surface area contributed by atoms with Gasteiger partial charge < -0.3 is 19.7 Å². The molecule has 0 saturated heterocycles. The monoisotopic (exact) mass is 482 g/mol. The number of phenols is 2. The van der Waals surface area contributed by atoms with E-state index in [9.17, 15) is 19.8 Å². The standard InChI is InChI=1S/C30H26O6/c31-25-19-23(29(33)21-9-3-1-4-10-21)13-15-27(25)35-17-7-8-18-36-28-16-14-24(20-26(28)32)30(34)22-11-5-2-6-12-22/h1-6,9-16,19-20,31-32H,7-8,17-18H2. The van der Waals surface area contributed by atoms with Crippen LogP contribution in [0.25, 0.3) is 0 Å². The maximum Gasteiger partial charge on any atom is 0.193 e. The molecule has 0 atom stereocenters. The molecule has 0 saturated carbocycles. The van der Waals surface area contributed by atoms with Gasteiger partial charge >= 0.3 is 0 Å². The van der Waals surface area contributed by atoms with Gasteiger partial charge in [0.1, 0.15) is 0 Å². The third-order valence-corrected chi connectivity index (χ3v) is 5.57. The maximum absolute atomic E-state index is 12.5. The van der Waals surface area contributed by atoms with E-state index in [4.69, 9.17) is 9.47 Å². The van der Waals surface area contributed by atoms with Crippen molar-refractivity contribution >= 4 is 11.6 Å². The minimum absolute atomic E-state index is 0.0944. The predicted octanol–water partition coefficient (Wildman–Crippen LogP) is 5.80. The Kier molecular flexibility index (Phi) is 7.98. The molecule has 6 nitrogen and oxygen atoms in total. The predicted molar refractivity (Wildman–Crippen MR) is 136 cm³/mol. The molecule has 4 rings (SSSR count). The van der Waals surface area contributed by atoms with Crippen molar-refractivity contribution in [3.05, 3.63) is 119 Å². The lowest BCUT2D eigenvalue weighted by atomic mass is 10.0. The Morgan fingerprint density at radius 1 is 0.528 bits per heavy atom. The fraction of sp³-hybridized carbons (Fsp3) is 0.133. The topological polar surface area (TPSA) is 93.1 Å². The first-order chi connectivity index (χ1) is 17.5. The first kappa shape index (κ1) is 24.5. The molecular weight excluding hydrogens is 456 g/mol. The fourth-order valence-corrected chi connectivity index (χ4v) is 3.64. The third-order valence-electron chi connectivity index (χ3n) is 5.57. The second-order valence-electron chi connectivity index (χ2n) is 8.16. The Bertz CT molecular complexity index is 1230. The van der Waals surface area contributed by atoms with Gasteiger partial charge in [-0.1, -0.05) is 60.7 Å². The van der Waals surface area contributed by atoms with E-state index in [1.54, 1.807) is 72.8 Å². The Morgan fingerprint density at radius 2 is 0.917 bits per heavy atom. The summed E-state index contributed by atoms with van der Waals surface area (Å²) in [6, 6.07) is 27.0. The van der Waals surface area contributed by atoms with Gasteiger partial charge in [-0.15, -0.1) is 0 Å². The van der Waals surface area contributed by atoms with Crippen LogP contribution < -0.4 is 9.47 Å². The maximum atomic E-state index is 12.5. The average Bonchev–Trinajstić information content (AvgIpc) is 2.92. The van der Waals surface area contributed by atoms with Crippen molar-refractivity contribution in [1.82, 2.24) is 0 Å². The molecule has 0 spiro atoms. The van der Waals surface area contributed by atoms with Gasteiger partial charge in [0, 0.05) is 22.3 Å². The molecular formula is C30H26O6. The van der Waals surface area contributed by atoms with Crippen LogP contribution in [0.15, 0.2) is 97.1 Å². The number of ketones is 2. The lowest BCUT2D eigenvalue weighted by Gasteiger charge is -2.11. The lowest BCUT2D eigenvalue weighted by Crippen LogP contribution is -2.05. The highest BCUT2D eigenvalue weighted by Gasteiger charge is 2.13. The van der Waals surface area contributed by atoms with E-state index < -0.39 is 0 Å². The molecule has 0 aliphatic rings. The highest BCUT2D eigenvalue weighted by atomic mass is 16.5. The minimum Gasteiger partial charge on any atom is -0.504 e. The number of ether oxygens (including phenoxy) is 2. The van der Waals surface area contributed by atoms with Gasteiger partial charge in [0.2, 0.25) is 0 Å². The summed E-state index contributed by atoms with van der Waals surface area (Å²) in [7, 11) is 0. The van der Waals surface area contributed by atoms with Gasteiger partial charge in [-0.3, -0.25) is 9.59 Å². The molecule has 0 fully saturated rings. The molecule has 6 heteroatoms. The van der Waals surface area contributed by atoms with E-state index in [1.807, 2.05) is 12.1 Å². The van der Waals surface area contributed by atoms with Crippen molar-refractivity contribution < 1.29 is 29.3 Å². The average molecular weight is 483 g/mol. The lowest BCUT2D eigenvalue weighted by molar-refractivity contribution is 0.103. The zero-order valence-electron chi connectivity index (χ0n) is 19.6. The van der Waals surface area contributed by atoms with E-state index in [-0.39, 0.29) is 23.1 Å². The van der Waals surface area contributed by atoms with E-state index in [1.165, 1.54) is 12.1 Å². The molecule has 0 aliphatic heterocycles. The summed E-state index contributed by atoms with van der Waals surface area (Å²) in [5, 5.41) is 20.5.